The van der Waals surface area contributed by atoms with E-state index in [9.17, 15) is 9.90 Å². The Balaban J connectivity index is 1.53. The Hall–Kier alpha value is -4.18. The predicted molar refractivity (Wildman–Crippen MR) is 110 cm³/mol. The Morgan fingerprint density at radius 2 is 1.86 bits per heavy atom. The van der Waals surface area contributed by atoms with Crippen molar-refractivity contribution in [3.05, 3.63) is 64.6 Å². The lowest BCUT2D eigenvalue weighted by Gasteiger charge is -2.10. The number of hydrogen-bond acceptors (Lipinski definition) is 7. The van der Waals surface area contributed by atoms with Gasteiger partial charge in [-0.25, -0.2) is 4.98 Å². The van der Waals surface area contributed by atoms with Gasteiger partial charge in [0.05, 0.1) is 28.7 Å². The number of rotatable bonds is 5. The molecule has 144 valence electrons. The summed E-state index contributed by atoms with van der Waals surface area (Å²) < 4.78 is 0. The topological polar surface area (TPSA) is 147 Å². The third kappa shape index (κ3) is 3.17. The van der Waals surface area contributed by atoms with Crippen LogP contribution in [0.2, 0.25) is 0 Å². The van der Waals surface area contributed by atoms with Crippen molar-refractivity contribution in [3.63, 3.8) is 0 Å². The molecule has 29 heavy (non-hydrogen) atoms. The quantitative estimate of drug-likeness (QED) is 0.271. The molecule has 0 fully saturated rings. The smallest absolute Gasteiger partial charge is 0.271 e. The van der Waals surface area contributed by atoms with Crippen molar-refractivity contribution in [3.8, 4) is 0 Å². The Bertz CT molecular complexity index is 1380. The molecular weight excluding hydrogens is 372 g/mol. The van der Waals surface area contributed by atoms with Crippen LogP contribution in [-0.2, 0) is 6.61 Å². The summed E-state index contributed by atoms with van der Waals surface area (Å²) in [5.74, 6) is 1.50. The summed E-state index contributed by atoms with van der Waals surface area (Å²) in [7, 11) is 0. The van der Waals surface area contributed by atoms with Crippen LogP contribution in [0.3, 0.4) is 0 Å². The summed E-state index contributed by atoms with van der Waals surface area (Å²) in [5.41, 5.74) is 2.60. The van der Waals surface area contributed by atoms with Crippen LogP contribution in [0.5, 0.6) is 0 Å². The third-order valence-corrected chi connectivity index (χ3v) is 4.48. The fourth-order valence-electron chi connectivity index (χ4n) is 3.10. The molecule has 0 aliphatic heterocycles. The largest absolute Gasteiger partial charge is 0.390 e. The number of hydrogen-bond donors (Lipinski definition) is 6. The average molecular weight is 388 g/mol. The summed E-state index contributed by atoms with van der Waals surface area (Å²) in [6, 6.07) is 14.6. The number of fused-ring (bicyclic) bond motifs is 2. The Morgan fingerprint density at radius 3 is 2.72 bits per heavy atom. The first kappa shape index (κ1) is 17.0. The molecule has 6 N–H and O–H groups in total. The van der Waals surface area contributed by atoms with Gasteiger partial charge in [0.1, 0.15) is 5.82 Å². The Kier molecular flexibility index (Phi) is 3.96. The number of aliphatic hydroxyl groups is 1. The van der Waals surface area contributed by atoms with Crippen molar-refractivity contribution in [2.24, 2.45) is 0 Å². The van der Waals surface area contributed by atoms with Gasteiger partial charge < -0.3 is 15.7 Å². The molecule has 0 atom stereocenters. The van der Waals surface area contributed by atoms with E-state index in [-0.39, 0.29) is 12.2 Å². The summed E-state index contributed by atoms with van der Waals surface area (Å²) >= 11 is 0. The van der Waals surface area contributed by atoms with Crippen molar-refractivity contribution >= 4 is 45.1 Å². The molecule has 0 aliphatic rings. The molecule has 0 unspecified atom stereocenters. The predicted octanol–water partition coefficient (Wildman–Crippen LogP) is 2.50. The van der Waals surface area contributed by atoms with E-state index in [1.165, 1.54) is 0 Å². The van der Waals surface area contributed by atoms with Crippen LogP contribution in [0.1, 0.15) is 5.69 Å². The molecule has 3 heterocycles. The molecule has 10 heteroatoms. The first-order chi connectivity index (χ1) is 14.2. The van der Waals surface area contributed by atoms with E-state index < -0.39 is 0 Å². The van der Waals surface area contributed by atoms with Crippen LogP contribution in [0.15, 0.2) is 53.3 Å². The van der Waals surface area contributed by atoms with Gasteiger partial charge in [-0.3, -0.25) is 20.1 Å². The maximum absolute atomic E-state index is 11.7. The molecule has 0 saturated carbocycles. The SMILES string of the molecule is O=c1[nH][nH]c2cc(Nc3nc(Nc4cc(CO)[nH]n4)c4ccccc4n3)ccc12. The number of H-pyrrole nitrogens is 3. The number of nitrogens with one attached hydrogen (secondary N) is 5. The second kappa shape index (κ2) is 6.77. The fraction of sp³-hybridized carbons (Fsp3) is 0.0526. The molecule has 0 spiro atoms. The minimum atomic E-state index is -0.166. The highest BCUT2D eigenvalue weighted by Gasteiger charge is 2.11. The molecule has 3 aromatic heterocycles. The highest BCUT2D eigenvalue weighted by Crippen LogP contribution is 2.26. The van der Waals surface area contributed by atoms with Gasteiger partial charge in [-0.2, -0.15) is 10.1 Å². The van der Waals surface area contributed by atoms with E-state index in [0.717, 1.165) is 16.6 Å². The van der Waals surface area contributed by atoms with Crippen LogP contribution < -0.4 is 16.2 Å². The molecule has 5 rings (SSSR count). The van der Waals surface area contributed by atoms with Gasteiger partial charge in [-0.05, 0) is 30.3 Å². The molecule has 5 aromatic rings. The molecule has 0 bridgehead atoms. The van der Waals surface area contributed by atoms with Crippen LogP contribution in [-0.4, -0.2) is 35.5 Å². The van der Waals surface area contributed by atoms with Crippen LogP contribution in [0, 0.1) is 0 Å². The summed E-state index contributed by atoms with van der Waals surface area (Å²) in [5, 5.41) is 29.2. The number of benzene rings is 2. The van der Waals surface area contributed by atoms with Gasteiger partial charge in [0.25, 0.3) is 5.56 Å². The fourth-order valence-corrected chi connectivity index (χ4v) is 3.10. The first-order valence-corrected chi connectivity index (χ1v) is 8.86. The van der Waals surface area contributed by atoms with Gasteiger partial charge >= 0.3 is 0 Å². The van der Waals surface area contributed by atoms with Crippen LogP contribution >= 0.6 is 0 Å². The summed E-state index contributed by atoms with van der Waals surface area (Å²) in [6.45, 7) is -0.129. The zero-order valence-corrected chi connectivity index (χ0v) is 15.0. The van der Waals surface area contributed by atoms with Crippen LogP contribution in [0.25, 0.3) is 21.8 Å². The van der Waals surface area contributed by atoms with Gasteiger partial charge in [-0.15, -0.1) is 0 Å². The zero-order valence-electron chi connectivity index (χ0n) is 15.0. The van der Waals surface area contributed by atoms with Crippen molar-refractivity contribution in [2.75, 3.05) is 10.6 Å². The van der Waals surface area contributed by atoms with Crippen molar-refractivity contribution in [2.45, 2.75) is 6.61 Å². The molecule has 0 amide bonds. The van der Waals surface area contributed by atoms with Gasteiger partial charge in [0, 0.05) is 17.1 Å². The lowest BCUT2D eigenvalue weighted by Crippen LogP contribution is -2.02. The lowest BCUT2D eigenvalue weighted by atomic mass is 10.2. The minimum absolute atomic E-state index is 0.129. The second-order valence-corrected chi connectivity index (χ2v) is 6.44. The molecule has 0 radical (unpaired) electrons. The number of anilines is 4. The number of nitrogens with zero attached hydrogens (tertiary/aromatic N) is 3. The maximum Gasteiger partial charge on any atom is 0.271 e. The van der Waals surface area contributed by atoms with Crippen LogP contribution in [0.4, 0.5) is 23.3 Å². The van der Waals surface area contributed by atoms with Crippen molar-refractivity contribution < 1.29 is 5.11 Å². The highest BCUT2D eigenvalue weighted by atomic mass is 16.3. The number of aromatic nitrogens is 6. The Labute approximate surface area is 163 Å². The third-order valence-electron chi connectivity index (χ3n) is 4.48. The standard InChI is InChI=1S/C19H16N8O2/c28-9-11-8-16(26-24-11)22-17-12-3-1-2-4-14(12)21-19(23-17)20-10-5-6-13-15(7-10)25-27-18(13)29/h1-8,28H,9H2,(H2,25,27,29)(H3,20,21,22,23,24,26). The molecule has 0 aliphatic carbocycles. The van der Waals surface area contributed by atoms with E-state index in [2.05, 4.69) is 41.0 Å². The van der Waals surface area contributed by atoms with Crippen molar-refractivity contribution in [1.82, 2.24) is 30.4 Å². The van der Waals surface area contributed by atoms with Gasteiger partial charge in [0.15, 0.2) is 5.82 Å². The lowest BCUT2D eigenvalue weighted by molar-refractivity contribution is 0.276. The second-order valence-electron chi connectivity index (χ2n) is 6.44. The van der Waals surface area contributed by atoms with E-state index >= 15 is 0 Å². The van der Waals surface area contributed by atoms with Gasteiger partial charge in [-0.1, -0.05) is 12.1 Å². The molecule has 2 aromatic carbocycles. The number of aromatic amines is 3. The maximum atomic E-state index is 11.7. The Morgan fingerprint density at radius 1 is 0.966 bits per heavy atom. The summed E-state index contributed by atoms with van der Waals surface area (Å²) in [6.07, 6.45) is 0. The highest BCUT2D eigenvalue weighted by molar-refractivity contribution is 5.92. The average Bonchev–Trinajstić information content (AvgIpc) is 3.34. The molecule has 10 nitrogen and oxygen atoms in total. The normalized spacial score (nSPS) is 11.2. The zero-order chi connectivity index (χ0) is 19.8. The van der Waals surface area contributed by atoms with Crippen molar-refractivity contribution in [1.29, 1.82) is 0 Å². The summed E-state index contributed by atoms with van der Waals surface area (Å²) in [4.78, 5) is 20.8. The van der Waals surface area contributed by atoms with E-state index in [0.29, 0.717) is 34.2 Å². The van der Waals surface area contributed by atoms with Gasteiger partial charge in [0.2, 0.25) is 5.95 Å². The number of aliphatic hydroxyl groups excluding tert-OH is 1. The minimum Gasteiger partial charge on any atom is -0.390 e. The van der Waals surface area contributed by atoms with E-state index in [1.54, 1.807) is 24.3 Å². The van der Waals surface area contributed by atoms with E-state index in [1.807, 2.05) is 24.3 Å². The first-order valence-electron chi connectivity index (χ1n) is 8.86. The molecule has 0 saturated heterocycles. The monoisotopic (exact) mass is 388 g/mol. The molecular formula is C19H16N8O2. The van der Waals surface area contributed by atoms with E-state index in [4.69, 9.17) is 0 Å². The number of para-hydroxylation sites is 1.